The van der Waals surface area contributed by atoms with Gasteiger partial charge < -0.3 is 14.9 Å². The van der Waals surface area contributed by atoms with Crippen LogP contribution in [0.25, 0.3) is 0 Å². The highest BCUT2D eigenvalue weighted by Gasteiger charge is 2.26. The Morgan fingerprint density at radius 1 is 1.56 bits per heavy atom. The molecule has 0 radical (unpaired) electrons. The maximum absolute atomic E-state index is 9.65. The minimum Gasteiger partial charge on any atom is -0.389 e. The first-order valence-corrected chi connectivity index (χ1v) is 6.63. The molecule has 2 rings (SSSR count). The smallest absolute Gasteiger partial charge is 0.129 e. The molecule has 1 aliphatic rings. The molecular formula is C14H23N3O. The summed E-state index contributed by atoms with van der Waals surface area (Å²) in [6.07, 6.45) is 3.81. The summed E-state index contributed by atoms with van der Waals surface area (Å²) in [6.45, 7) is 3.91. The number of hydrogen-bond acceptors (Lipinski definition) is 4. The summed E-state index contributed by atoms with van der Waals surface area (Å²) in [6, 6.07) is 4.43. The van der Waals surface area contributed by atoms with Crippen LogP contribution in [0.4, 0.5) is 5.82 Å². The monoisotopic (exact) mass is 249 g/mol. The highest BCUT2D eigenvalue weighted by atomic mass is 16.3. The molecule has 0 amide bonds. The minimum atomic E-state index is -0.429. The molecule has 18 heavy (non-hydrogen) atoms. The van der Waals surface area contributed by atoms with Gasteiger partial charge in [-0.15, -0.1) is 0 Å². The van der Waals surface area contributed by atoms with Crippen molar-refractivity contribution in [3.8, 4) is 0 Å². The van der Waals surface area contributed by atoms with E-state index >= 15 is 0 Å². The molecule has 4 nitrogen and oxygen atoms in total. The van der Waals surface area contributed by atoms with Crippen LogP contribution in [0.3, 0.4) is 0 Å². The summed E-state index contributed by atoms with van der Waals surface area (Å²) in [5.74, 6) is 0.998. The van der Waals surface area contributed by atoms with Gasteiger partial charge in [0.05, 0.1) is 6.10 Å². The molecule has 0 spiro atoms. The van der Waals surface area contributed by atoms with Gasteiger partial charge >= 0.3 is 0 Å². The minimum absolute atomic E-state index is 0.429. The third-order valence-corrected chi connectivity index (χ3v) is 3.50. The highest BCUT2D eigenvalue weighted by molar-refractivity contribution is 5.44. The largest absolute Gasteiger partial charge is 0.389 e. The molecule has 0 saturated carbocycles. The first-order chi connectivity index (χ1) is 8.58. The summed E-state index contributed by atoms with van der Waals surface area (Å²) in [4.78, 5) is 9.05. The van der Waals surface area contributed by atoms with E-state index in [1.165, 1.54) is 12.8 Å². The van der Waals surface area contributed by atoms with E-state index in [2.05, 4.69) is 28.9 Å². The summed E-state index contributed by atoms with van der Waals surface area (Å²) < 4.78 is 0. The molecule has 1 fully saturated rings. The lowest BCUT2D eigenvalue weighted by Gasteiger charge is -2.28. The Labute approximate surface area is 109 Å². The Morgan fingerprint density at radius 2 is 2.33 bits per heavy atom. The fourth-order valence-corrected chi connectivity index (χ4v) is 2.60. The number of anilines is 1. The lowest BCUT2D eigenvalue weighted by Crippen LogP contribution is -2.38. The molecule has 1 aromatic rings. The van der Waals surface area contributed by atoms with Gasteiger partial charge in [0.15, 0.2) is 0 Å². The average molecular weight is 249 g/mol. The maximum Gasteiger partial charge on any atom is 0.129 e. The number of hydrogen-bond donors (Lipinski definition) is 1. The van der Waals surface area contributed by atoms with Gasteiger partial charge in [-0.05, 0) is 51.6 Å². The highest BCUT2D eigenvalue weighted by Crippen LogP contribution is 2.26. The van der Waals surface area contributed by atoms with Gasteiger partial charge in [0.1, 0.15) is 5.82 Å². The van der Waals surface area contributed by atoms with Gasteiger partial charge in [0.2, 0.25) is 0 Å². The van der Waals surface area contributed by atoms with Crippen molar-refractivity contribution >= 4 is 5.82 Å². The summed E-state index contributed by atoms with van der Waals surface area (Å²) >= 11 is 0. The van der Waals surface area contributed by atoms with Crippen LogP contribution in [0.2, 0.25) is 0 Å². The molecule has 1 N–H and O–H groups in total. The molecule has 1 aliphatic heterocycles. The third-order valence-electron chi connectivity index (χ3n) is 3.50. The predicted molar refractivity (Wildman–Crippen MR) is 73.8 cm³/mol. The molecule has 4 heteroatoms. The van der Waals surface area contributed by atoms with Crippen molar-refractivity contribution in [2.45, 2.75) is 31.9 Å². The maximum atomic E-state index is 9.65. The fraction of sp³-hybridized carbons (Fsp3) is 0.643. The third kappa shape index (κ3) is 3.00. The molecule has 2 heterocycles. The van der Waals surface area contributed by atoms with E-state index in [1.54, 1.807) is 13.1 Å². The van der Waals surface area contributed by atoms with Crippen LogP contribution in [0.5, 0.6) is 0 Å². The van der Waals surface area contributed by atoms with E-state index in [-0.39, 0.29) is 0 Å². The molecule has 0 aromatic carbocycles. The second kappa shape index (κ2) is 5.67. The zero-order valence-corrected chi connectivity index (χ0v) is 11.5. The number of rotatable bonds is 4. The van der Waals surface area contributed by atoms with E-state index in [4.69, 9.17) is 0 Å². The second-order valence-corrected chi connectivity index (χ2v) is 5.38. The molecular weight excluding hydrogens is 226 g/mol. The van der Waals surface area contributed by atoms with Crippen LogP contribution in [-0.4, -0.2) is 48.2 Å². The molecule has 0 aliphatic carbocycles. The second-order valence-electron chi connectivity index (χ2n) is 5.38. The Bertz CT molecular complexity index is 392. The SMILES string of the molecule is C[C@@H](O)c1ccnc(N2CCCC2CN(C)C)c1. The van der Waals surface area contributed by atoms with E-state index in [9.17, 15) is 5.11 Å². The van der Waals surface area contributed by atoms with Gasteiger partial charge in [-0.25, -0.2) is 4.98 Å². The zero-order chi connectivity index (χ0) is 13.1. The molecule has 1 saturated heterocycles. The van der Waals surface area contributed by atoms with Crippen molar-refractivity contribution in [3.63, 3.8) is 0 Å². The van der Waals surface area contributed by atoms with E-state index in [0.29, 0.717) is 6.04 Å². The Hall–Kier alpha value is -1.13. The fourth-order valence-electron chi connectivity index (χ4n) is 2.60. The number of aromatic nitrogens is 1. The summed E-state index contributed by atoms with van der Waals surface area (Å²) in [5, 5.41) is 9.65. The predicted octanol–water partition coefficient (Wildman–Crippen LogP) is 1.67. The van der Waals surface area contributed by atoms with Gasteiger partial charge in [-0.2, -0.15) is 0 Å². The van der Waals surface area contributed by atoms with Crippen molar-refractivity contribution in [2.24, 2.45) is 0 Å². The number of aliphatic hydroxyl groups is 1. The average Bonchev–Trinajstić information content (AvgIpc) is 2.76. The molecule has 100 valence electrons. The van der Waals surface area contributed by atoms with Gasteiger partial charge in [-0.3, -0.25) is 0 Å². The number of pyridine rings is 1. The van der Waals surface area contributed by atoms with Crippen molar-refractivity contribution < 1.29 is 5.11 Å². The van der Waals surface area contributed by atoms with Crippen LogP contribution >= 0.6 is 0 Å². The van der Waals surface area contributed by atoms with E-state index in [1.807, 2.05) is 12.1 Å². The molecule has 1 unspecified atom stereocenters. The van der Waals surface area contributed by atoms with Crippen LogP contribution in [0, 0.1) is 0 Å². The van der Waals surface area contributed by atoms with Crippen molar-refractivity contribution in [3.05, 3.63) is 23.9 Å². The standard InChI is InChI=1S/C14H23N3O/c1-11(18)12-6-7-15-14(9-12)17-8-4-5-13(17)10-16(2)3/h6-7,9,11,13,18H,4-5,8,10H2,1-3H3/t11-,13?/m1/s1. The van der Waals surface area contributed by atoms with Crippen LogP contribution in [-0.2, 0) is 0 Å². The van der Waals surface area contributed by atoms with Gasteiger partial charge in [0.25, 0.3) is 0 Å². The first kappa shape index (κ1) is 13.3. The first-order valence-electron chi connectivity index (χ1n) is 6.63. The van der Waals surface area contributed by atoms with Crippen molar-refractivity contribution in [1.29, 1.82) is 0 Å². The molecule has 0 bridgehead atoms. The Balaban J connectivity index is 2.16. The van der Waals surface area contributed by atoms with Crippen LogP contribution in [0.1, 0.15) is 31.4 Å². The topological polar surface area (TPSA) is 39.6 Å². The van der Waals surface area contributed by atoms with Crippen molar-refractivity contribution in [2.75, 3.05) is 32.1 Å². The number of aliphatic hydroxyl groups excluding tert-OH is 1. The van der Waals surface area contributed by atoms with E-state index in [0.717, 1.165) is 24.5 Å². The number of nitrogens with zero attached hydrogens (tertiary/aromatic N) is 3. The van der Waals surface area contributed by atoms with Gasteiger partial charge in [-0.1, -0.05) is 0 Å². The molecule has 1 aromatic heterocycles. The Kier molecular flexibility index (Phi) is 4.19. The number of likely N-dealkylation sites (N-methyl/N-ethyl adjacent to an activating group) is 1. The summed E-state index contributed by atoms with van der Waals surface area (Å²) in [7, 11) is 4.21. The normalized spacial score (nSPS) is 21.6. The lowest BCUT2D eigenvalue weighted by atomic mass is 10.1. The Morgan fingerprint density at radius 3 is 3.00 bits per heavy atom. The zero-order valence-electron chi connectivity index (χ0n) is 11.5. The lowest BCUT2D eigenvalue weighted by molar-refractivity contribution is 0.199. The quantitative estimate of drug-likeness (QED) is 0.881. The van der Waals surface area contributed by atoms with Crippen molar-refractivity contribution in [1.82, 2.24) is 9.88 Å². The van der Waals surface area contributed by atoms with E-state index < -0.39 is 6.10 Å². The molecule has 2 atom stereocenters. The van der Waals surface area contributed by atoms with Crippen LogP contribution < -0.4 is 4.90 Å². The van der Waals surface area contributed by atoms with Crippen LogP contribution in [0.15, 0.2) is 18.3 Å². The summed E-state index contributed by atoms with van der Waals surface area (Å²) in [5.41, 5.74) is 0.940. The van der Waals surface area contributed by atoms with Gasteiger partial charge in [0, 0.05) is 25.3 Å².